The van der Waals surface area contributed by atoms with E-state index in [1.54, 1.807) is 29.0 Å². The molecular formula is C23H21FN4O3. The number of para-hydroxylation sites is 1. The molecule has 0 unspecified atom stereocenters. The standard InChI is InChI=1S/C23H21FN4O3/c1-3-15-7-4-5-8-18(15)25-21(29)14-28-12-6-9-19(28)23-26-22(27-31-23)16-10-11-20(30-2)17(24)13-16/h4-13H,3,14H2,1-2H3,(H,25,29). The summed E-state index contributed by atoms with van der Waals surface area (Å²) in [4.78, 5) is 17.0. The largest absolute Gasteiger partial charge is 0.494 e. The molecule has 1 amide bonds. The van der Waals surface area contributed by atoms with Crippen LogP contribution in [0.3, 0.4) is 0 Å². The highest BCUT2D eigenvalue weighted by molar-refractivity contribution is 5.91. The van der Waals surface area contributed by atoms with Crippen LogP contribution in [0.5, 0.6) is 5.75 Å². The average molecular weight is 420 g/mol. The Morgan fingerprint density at radius 3 is 2.81 bits per heavy atom. The molecule has 2 aromatic carbocycles. The molecule has 4 aromatic rings. The highest BCUT2D eigenvalue weighted by Gasteiger charge is 2.17. The number of nitrogens with one attached hydrogen (secondary N) is 1. The maximum absolute atomic E-state index is 14.0. The number of benzene rings is 2. The summed E-state index contributed by atoms with van der Waals surface area (Å²) in [5.74, 6) is -0.0744. The van der Waals surface area contributed by atoms with Crippen LogP contribution in [0.4, 0.5) is 10.1 Å². The summed E-state index contributed by atoms with van der Waals surface area (Å²) in [6.07, 6.45) is 2.58. The Morgan fingerprint density at radius 1 is 1.19 bits per heavy atom. The number of carbonyl (C=O) groups excluding carboxylic acids is 1. The van der Waals surface area contributed by atoms with Gasteiger partial charge in [0.2, 0.25) is 11.7 Å². The molecular weight excluding hydrogens is 399 g/mol. The van der Waals surface area contributed by atoms with Crippen LogP contribution in [-0.4, -0.2) is 27.7 Å². The summed E-state index contributed by atoms with van der Waals surface area (Å²) >= 11 is 0. The third-order valence-corrected chi connectivity index (χ3v) is 4.87. The molecule has 0 spiro atoms. The van der Waals surface area contributed by atoms with Crippen molar-refractivity contribution in [3.8, 4) is 28.7 Å². The number of nitrogens with zero attached hydrogens (tertiary/aromatic N) is 3. The van der Waals surface area contributed by atoms with Gasteiger partial charge in [-0.2, -0.15) is 4.98 Å². The van der Waals surface area contributed by atoms with Crippen molar-refractivity contribution < 1.29 is 18.4 Å². The van der Waals surface area contributed by atoms with Gasteiger partial charge in [-0.05, 0) is 48.4 Å². The molecule has 0 radical (unpaired) electrons. The van der Waals surface area contributed by atoms with Gasteiger partial charge >= 0.3 is 0 Å². The second kappa shape index (κ2) is 8.83. The molecule has 0 bridgehead atoms. The number of hydrogen-bond acceptors (Lipinski definition) is 5. The van der Waals surface area contributed by atoms with Crippen molar-refractivity contribution in [3.05, 3.63) is 72.2 Å². The van der Waals surface area contributed by atoms with Gasteiger partial charge in [0.05, 0.1) is 7.11 Å². The minimum Gasteiger partial charge on any atom is -0.494 e. The predicted molar refractivity (Wildman–Crippen MR) is 114 cm³/mol. The summed E-state index contributed by atoms with van der Waals surface area (Å²) < 4.78 is 26.0. The van der Waals surface area contributed by atoms with E-state index in [1.807, 2.05) is 31.2 Å². The maximum Gasteiger partial charge on any atom is 0.274 e. The van der Waals surface area contributed by atoms with Gasteiger partial charge in [0.1, 0.15) is 12.2 Å². The van der Waals surface area contributed by atoms with E-state index in [1.165, 1.54) is 19.2 Å². The van der Waals surface area contributed by atoms with Crippen molar-refractivity contribution in [3.63, 3.8) is 0 Å². The van der Waals surface area contributed by atoms with Crippen molar-refractivity contribution in [2.45, 2.75) is 19.9 Å². The number of ether oxygens (including phenoxy) is 1. The van der Waals surface area contributed by atoms with Gasteiger partial charge in [-0.25, -0.2) is 4.39 Å². The summed E-state index contributed by atoms with van der Waals surface area (Å²) in [7, 11) is 1.40. The molecule has 0 fully saturated rings. The van der Waals surface area contributed by atoms with E-state index >= 15 is 0 Å². The first-order valence-electron chi connectivity index (χ1n) is 9.80. The van der Waals surface area contributed by atoms with Gasteiger partial charge in [-0.3, -0.25) is 4.79 Å². The minimum atomic E-state index is -0.515. The van der Waals surface area contributed by atoms with E-state index in [4.69, 9.17) is 9.26 Å². The Kier molecular flexibility index (Phi) is 5.79. The summed E-state index contributed by atoms with van der Waals surface area (Å²) in [5, 5.41) is 6.89. The first kappa shape index (κ1) is 20.3. The second-order valence-corrected chi connectivity index (χ2v) is 6.85. The van der Waals surface area contributed by atoms with Crippen molar-refractivity contribution in [1.29, 1.82) is 0 Å². The fourth-order valence-corrected chi connectivity index (χ4v) is 3.29. The van der Waals surface area contributed by atoms with Crippen LogP contribution >= 0.6 is 0 Å². The third kappa shape index (κ3) is 4.32. The number of carbonyl (C=O) groups is 1. The molecule has 4 rings (SSSR count). The summed E-state index contributed by atoms with van der Waals surface area (Å²) in [5.41, 5.74) is 2.91. The van der Waals surface area contributed by atoms with Crippen LogP contribution in [0.25, 0.3) is 23.0 Å². The number of aryl methyl sites for hydroxylation is 1. The molecule has 2 heterocycles. The molecule has 0 saturated heterocycles. The molecule has 158 valence electrons. The first-order chi connectivity index (χ1) is 15.1. The maximum atomic E-state index is 14.0. The lowest BCUT2D eigenvalue weighted by Crippen LogP contribution is -2.19. The molecule has 0 aliphatic rings. The van der Waals surface area contributed by atoms with Crippen molar-refractivity contribution >= 4 is 11.6 Å². The average Bonchev–Trinajstić information content (AvgIpc) is 3.43. The van der Waals surface area contributed by atoms with Gasteiger partial charge in [-0.15, -0.1) is 0 Å². The first-order valence-corrected chi connectivity index (χ1v) is 9.80. The molecule has 0 aliphatic carbocycles. The zero-order chi connectivity index (χ0) is 21.8. The highest BCUT2D eigenvalue weighted by Crippen LogP contribution is 2.26. The van der Waals surface area contributed by atoms with Gasteiger partial charge in [0.15, 0.2) is 11.6 Å². The summed E-state index contributed by atoms with van der Waals surface area (Å²) in [6.45, 7) is 2.12. The molecule has 0 saturated carbocycles. The van der Waals surface area contributed by atoms with Gasteiger partial charge in [-0.1, -0.05) is 30.3 Å². The lowest BCUT2D eigenvalue weighted by atomic mass is 10.1. The Labute approximate surface area is 178 Å². The SMILES string of the molecule is CCc1ccccc1NC(=O)Cn1cccc1-c1nc(-c2ccc(OC)c(F)c2)no1. The fraction of sp³-hybridized carbons (Fsp3) is 0.174. The van der Waals surface area contributed by atoms with E-state index in [0.29, 0.717) is 11.3 Å². The van der Waals surface area contributed by atoms with Crippen LogP contribution in [0.15, 0.2) is 65.3 Å². The lowest BCUT2D eigenvalue weighted by Gasteiger charge is -2.11. The summed E-state index contributed by atoms with van der Waals surface area (Å²) in [6, 6.07) is 15.7. The Balaban J connectivity index is 1.52. The topological polar surface area (TPSA) is 82.2 Å². The zero-order valence-corrected chi connectivity index (χ0v) is 17.1. The lowest BCUT2D eigenvalue weighted by molar-refractivity contribution is -0.116. The molecule has 7 nitrogen and oxygen atoms in total. The van der Waals surface area contributed by atoms with Crippen LogP contribution < -0.4 is 10.1 Å². The molecule has 0 atom stereocenters. The number of amides is 1. The Bertz CT molecular complexity index is 1220. The van der Waals surface area contributed by atoms with Crippen LogP contribution in [0.2, 0.25) is 0 Å². The smallest absolute Gasteiger partial charge is 0.274 e. The molecule has 31 heavy (non-hydrogen) atoms. The van der Waals surface area contributed by atoms with Crippen molar-refractivity contribution in [2.24, 2.45) is 0 Å². The normalized spacial score (nSPS) is 10.8. The van der Waals surface area contributed by atoms with Crippen LogP contribution in [-0.2, 0) is 17.8 Å². The number of anilines is 1. The minimum absolute atomic E-state index is 0.0786. The van der Waals surface area contributed by atoms with Gasteiger partial charge in [0, 0.05) is 17.4 Å². The molecule has 8 heteroatoms. The van der Waals surface area contributed by atoms with Gasteiger partial charge in [0.25, 0.3) is 5.89 Å². The van der Waals surface area contributed by atoms with E-state index in [2.05, 4.69) is 15.5 Å². The van der Waals surface area contributed by atoms with E-state index in [0.717, 1.165) is 17.7 Å². The molecule has 0 aliphatic heterocycles. The number of rotatable bonds is 7. The van der Waals surface area contributed by atoms with E-state index in [9.17, 15) is 9.18 Å². The predicted octanol–water partition coefficient (Wildman–Crippen LogP) is 4.55. The quantitative estimate of drug-likeness (QED) is 0.474. The van der Waals surface area contributed by atoms with Crippen molar-refractivity contribution in [2.75, 3.05) is 12.4 Å². The van der Waals surface area contributed by atoms with Crippen molar-refractivity contribution in [1.82, 2.24) is 14.7 Å². The van der Waals surface area contributed by atoms with E-state index < -0.39 is 5.82 Å². The highest BCUT2D eigenvalue weighted by atomic mass is 19.1. The second-order valence-electron chi connectivity index (χ2n) is 6.85. The van der Waals surface area contributed by atoms with Gasteiger partial charge < -0.3 is 19.1 Å². The van der Waals surface area contributed by atoms with Crippen LogP contribution in [0, 0.1) is 5.82 Å². The number of hydrogen-bond donors (Lipinski definition) is 1. The third-order valence-electron chi connectivity index (χ3n) is 4.87. The Morgan fingerprint density at radius 2 is 2.03 bits per heavy atom. The number of aromatic nitrogens is 3. The Hall–Kier alpha value is -3.94. The van der Waals surface area contributed by atoms with E-state index in [-0.39, 0.29) is 29.9 Å². The number of methoxy groups -OCH3 is 1. The van der Waals surface area contributed by atoms with Crippen LogP contribution in [0.1, 0.15) is 12.5 Å². The zero-order valence-electron chi connectivity index (χ0n) is 17.1. The molecule has 2 aromatic heterocycles. The fourth-order valence-electron chi connectivity index (χ4n) is 3.29. The molecule has 1 N–H and O–H groups in total. The monoisotopic (exact) mass is 420 g/mol. The number of halogens is 1.